The lowest BCUT2D eigenvalue weighted by Gasteiger charge is -2.34. The van der Waals surface area contributed by atoms with E-state index >= 15 is 0 Å². The van der Waals surface area contributed by atoms with Crippen LogP contribution in [0.1, 0.15) is 54.4 Å². The summed E-state index contributed by atoms with van der Waals surface area (Å²) < 4.78 is 7.62. The first-order valence-electron chi connectivity index (χ1n) is 10.9. The van der Waals surface area contributed by atoms with E-state index in [9.17, 15) is 9.59 Å². The van der Waals surface area contributed by atoms with Gasteiger partial charge in [0.05, 0.1) is 0 Å². The van der Waals surface area contributed by atoms with Gasteiger partial charge in [-0.1, -0.05) is 26.0 Å². The molecule has 4 rings (SSSR count). The molecule has 0 aliphatic carbocycles. The number of benzene rings is 1. The molecule has 0 unspecified atom stereocenters. The summed E-state index contributed by atoms with van der Waals surface area (Å²) >= 11 is 0. The first kappa shape index (κ1) is 20.4. The Balaban J connectivity index is 1.26. The van der Waals surface area contributed by atoms with E-state index in [-0.39, 0.29) is 18.4 Å². The summed E-state index contributed by atoms with van der Waals surface area (Å²) in [5.74, 6) is 1.08. The van der Waals surface area contributed by atoms with Crippen LogP contribution < -0.4 is 4.74 Å². The van der Waals surface area contributed by atoms with E-state index in [2.05, 4.69) is 18.9 Å². The molecule has 2 amide bonds. The predicted molar refractivity (Wildman–Crippen MR) is 114 cm³/mol. The zero-order chi connectivity index (χ0) is 21.1. The van der Waals surface area contributed by atoms with Crippen molar-refractivity contribution in [2.45, 2.75) is 45.6 Å². The summed E-state index contributed by atoms with van der Waals surface area (Å²) in [6.07, 6.45) is 3.26. The topological polar surface area (TPSA) is 67.7 Å². The fourth-order valence-corrected chi connectivity index (χ4v) is 4.03. The third-order valence-corrected chi connectivity index (χ3v) is 5.96. The van der Waals surface area contributed by atoms with Crippen LogP contribution in [0.15, 0.2) is 30.3 Å². The van der Waals surface area contributed by atoms with Crippen LogP contribution in [0.5, 0.6) is 5.75 Å². The van der Waals surface area contributed by atoms with Gasteiger partial charge in [-0.3, -0.25) is 14.3 Å². The van der Waals surface area contributed by atoms with Gasteiger partial charge in [-0.2, -0.15) is 5.10 Å². The van der Waals surface area contributed by atoms with Crippen molar-refractivity contribution in [3.8, 4) is 5.75 Å². The molecule has 0 spiro atoms. The van der Waals surface area contributed by atoms with Gasteiger partial charge in [-0.05, 0) is 48.9 Å². The first-order chi connectivity index (χ1) is 14.5. The summed E-state index contributed by atoms with van der Waals surface area (Å²) in [6.45, 7) is 7.29. The smallest absolute Gasteiger partial charge is 0.274 e. The second kappa shape index (κ2) is 8.90. The van der Waals surface area contributed by atoms with Crippen molar-refractivity contribution >= 4 is 11.8 Å². The zero-order valence-electron chi connectivity index (χ0n) is 17.8. The largest absolute Gasteiger partial charge is 0.484 e. The molecule has 0 bridgehead atoms. The van der Waals surface area contributed by atoms with E-state index in [0.29, 0.717) is 43.5 Å². The lowest BCUT2D eigenvalue weighted by atomic mass is 10.0. The van der Waals surface area contributed by atoms with Crippen molar-refractivity contribution in [2.24, 2.45) is 0 Å². The number of rotatable bonds is 5. The second-order valence-corrected chi connectivity index (χ2v) is 8.39. The molecule has 1 fully saturated rings. The molecule has 30 heavy (non-hydrogen) atoms. The number of hydrogen-bond donors (Lipinski definition) is 0. The molecule has 2 aliphatic heterocycles. The molecule has 160 valence electrons. The van der Waals surface area contributed by atoms with Gasteiger partial charge in [0.25, 0.3) is 11.8 Å². The van der Waals surface area contributed by atoms with Crippen molar-refractivity contribution in [3.05, 3.63) is 47.3 Å². The molecule has 0 saturated carbocycles. The number of carbonyl (C=O) groups excluding carboxylic acids is 2. The maximum atomic E-state index is 12.8. The monoisotopic (exact) mass is 410 g/mol. The number of nitrogens with zero attached hydrogens (tertiary/aromatic N) is 4. The van der Waals surface area contributed by atoms with Gasteiger partial charge < -0.3 is 14.5 Å². The Kier molecular flexibility index (Phi) is 6.06. The molecule has 7 heteroatoms. The van der Waals surface area contributed by atoms with E-state index in [1.165, 1.54) is 5.56 Å². The van der Waals surface area contributed by atoms with Crippen LogP contribution >= 0.6 is 0 Å². The van der Waals surface area contributed by atoms with E-state index in [1.54, 1.807) is 9.80 Å². The van der Waals surface area contributed by atoms with Crippen molar-refractivity contribution in [3.63, 3.8) is 0 Å². The molecule has 0 N–H and O–H groups in total. The summed E-state index contributed by atoms with van der Waals surface area (Å²) in [5.41, 5.74) is 2.92. The highest BCUT2D eigenvalue weighted by Crippen LogP contribution is 2.19. The number of aryl methyl sites for hydroxylation is 2. The minimum atomic E-state index is -0.0486. The number of aromatic nitrogens is 2. The standard InChI is InChI=1S/C23H30N4O3/c1-17(2)18-6-8-20(9-7-18)30-16-22(28)25-11-13-26(14-12-25)23(29)21-15-19-5-3-4-10-27(19)24-21/h6-9,15,17H,3-5,10-14,16H2,1-2H3. The lowest BCUT2D eigenvalue weighted by molar-refractivity contribution is -0.134. The van der Waals surface area contributed by atoms with Crippen molar-refractivity contribution in [1.29, 1.82) is 0 Å². The Labute approximate surface area is 177 Å². The van der Waals surface area contributed by atoms with E-state index < -0.39 is 0 Å². The predicted octanol–water partition coefficient (Wildman–Crippen LogP) is 2.71. The number of amides is 2. The lowest BCUT2D eigenvalue weighted by Crippen LogP contribution is -2.51. The van der Waals surface area contributed by atoms with Crippen molar-refractivity contribution < 1.29 is 14.3 Å². The third kappa shape index (κ3) is 4.50. The quantitative estimate of drug-likeness (QED) is 0.760. The molecule has 2 aromatic rings. The van der Waals surface area contributed by atoms with Gasteiger partial charge in [0.1, 0.15) is 5.75 Å². The first-order valence-corrected chi connectivity index (χ1v) is 10.9. The molecule has 1 saturated heterocycles. The number of hydrogen-bond acceptors (Lipinski definition) is 4. The van der Waals surface area contributed by atoms with E-state index in [4.69, 9.17) is 4.74 Å². The number of fused-ring (bicyclic) bond motifs is 1. The molecule has 1 aromatic heterocycles. The fraction of sp³-hybridized carbons (Fsp3) is 0.522. The van der Waals surface area contributed by atoms with Gasteiger partial charge in [0.15, 0.2) is 12.3 Å². The highest BCUT2D eigenvalue weighted by Gasteiger charge is 2.27. The number of piperazine rings is 1. The molecule has 2 aliphatic rings. The summed E-state index contributed by atoms with van der Waals surface area (Å²) in [6, 6.07) is 9.80. The van der Waals surface area contributed by atoms with Crippen molar-refractivity contribution in [2.75, 3.05) is 32.8 Å². The van der Waals surface area contributed by atoms with Gasteiger partial charge in [0.2, 0.25) is 0 Å². The van der Waals surface area contributed by atoms with Crippen LogP contribution in [0.25, 0.3) is 0 Å². The van der Waals surface area contributed by atoms with Gasteiger partial charge in [-0.25, -0.2) is 0 Å². The summed E-state index contributed by atoms with van der Waals surface area (Å²) in [5, 5.41) is 4.48. The highest BCUT2D eigenvalue weighted by atomic mass is 16.5. The minimum absolute atomic E-state index is 0.0166. The zero-order valence-corrected chi connectivity index (χ0v) is 17.8. The molecular weight excluding hydrogens is 380 g/mol. The third-order valence-electron chi connectivity index (χ3n) is 5.96. The molecule has 0 radical (unpaired) electrons. The molecule has 3 heterocycles. The Morgan fingerprint density at radius 1 is 1.00 bits per heavy atom. The Hall–Kier alpha value is -2.83. The fourth-order valence-electron chi connectivity index (χ4n) is 4.03. The Morgan fingerprint density at radius 2 is 1.70 bits per heavy atom. The van der Waals surface area contributed by atoms with Crippen molar-refractivity contribution in [1.82, 2.24) is 19.6 Å². The van der Waals surface area contributed by atoms with Gasteiger partial charge in [-0.15, -0.1) is 0 Å². The molecule has 0 atom stereocenters. The molecule has 1 aromatic carbocycles. The highest BCUT2D eigenvalue weighted by molar-refractivity contribution is 5.92. The van der Waals surface area contributed by atoms with Crippen LogP contribution in [-0.4, -0.2) is 64.2 Å². The molecular formula is C23H30N4O3. The Morgan fingerprint density at radius 3 is 2.37 bits per heavy atom. The molecule has 7 nitrogen and oxygen atoms in total. The summed E-state index contributed by atoms with van der Waals surface area (Å²) in [4.78, 5) is 28.9. The van der Waals surface area contributed by atoms with Crippen LogP contribution in [0.4, 0.5) is 0 Å². The SMILES string of the molecule is CC(C)c1ccc(OCC(=O)N2CCN(C(=O)c3cc4n(n3)CCCC4)CC2)cc1. The second-order valence-electron chi connectivity index (χ2n) is 8.39. The van der Waals surface area contributed by atoms with Crippen LogP contribution in [0, 0.1) is 0 Å². The number of ether oxygens (including phenoxy) is 1. The normalized spacial score (nSPS) is 16.5. The Bertz CT molecular complexity index is 872. The van der Waals surface area contributed by atoms with Gasteiger partial charge >= 0.3 is 0 Å². The van der Waals surface area contributed by atoms with Crippen LogP contribution in [0.2, 0.25) is 0 Å². The summed E-state index contributed by atoms with van der Waals surface area (Å²) in [7, 11) is 0. The number of carbonyl (C=O) groups is 2. The average molecular weight is 411 g/mol. The van der Waals surface area contributed by atoms with E-state index in [1.807, 2.05) is 35.0 Å². The van der Waals surface area contributed by atoms with E-state index in [0.717, 1.165) is 31.5 Å². The maximum Gasteiger partial charge on any atom is 0.274 e. The van der Waals surface area contributed by atoms with Crippen LogP contribution in [0.3, 0.4) is 0 Å². The average Bonchev–Trinajstić information content (AvgIpc) is 3.21. The maximum absolute atomic E-state index is 12.8. The minimum Gasteiger partial charge on any atom is -0.484 e. The van der Waals surface area contributed by atoms with Gasteiger partial charge in [0, 0.05) is 38.4 Å². The van der Waals surface area contributed by atoms with Crippen LogP contribution in [-0.2, 0) is 17.8 Å².